The number of benzene rings is 2. The first-order valence-corrected chi connectivity index (χ1v) is 9.07. The third-order valence-electron chi connectivity index (χ3n) is 4.95. The van der Waals surface area contributed by atoms with E-state index < -0.39 is 12.0 Å². The van der Waals surface area contributed by atoms with Crippen molar-refractivity contribution in [2.45, 2.75) is 25.8 Å². The lowest BCUT2D eigenvalue weighted by Gasteiger charge is -2.22. The molecule has 5 nitrogen and oxygen atoms in total. The van der Waals surface area contributed by atoms with Crippen LogP contribution >= 0.6 is 0 Å². The molecule has 3 rings (SSSR count). The maximum Gasteiger partial charge on any atom is 0.255 e. The maximum absolute atomic E-state index is 12.7. The van der Waals surface area contributed by atoms with Gasteiger partial charge in [0.1, 0.15) is 0 Å². The van der Waals surface area contributed by atoms with E-state index in [9.17, 15) is 9.59 Å². The summed E-state index contributed by atoms with van der Waals surface area (Å²) in [5, 5.41) is 2.90. The number of carbonyl (C=O) groups is 2. The number of nitrogens with zero attached hydrogens (tertiary/aromatic N) is 1. The Labute approximate surface area is 154 Å². The van der Waals surface area contributed by atoms with Crippen molar-refractivity contribution in [3.8, 4) is 0 Å². The zero-order valence-electron chi connectivity index (χ0n) is 15.0. The number of hydrogen-bond acceptors (Lipinski definition) is 3. The van der Waals surface area contributed by atoms with Crippen LogP contribution in [-0.2, 0) is 4.79 Å². The van der Waals surface area contributed by atoms with E-state index in [1.165, 1.54) is 0 Å². The molecule has 2 aromatic carbocycles. The number of amides is 2. The summed E-state index contributed by atoms with van der Waals surface area (Å²) in [5.74, 6) is -0.645. The number of nitrogens with one attached hydrogen (secondary N) is 1. The molecule has 26 heavy (non-hydrogen) atoms. The number of carbonyl (C=O) groups excluding carboxylic acids is 2. The van der Waals surface area contributed by atoms with Gasteiger partial charge in [0.25, 0.3) is 5.91 Å². The van der Waals surface area contributed by atoms with Crippen molar-refractivity contribution in [1.29, 1.82) is 0 Å². The van der Waals surface area contributed by atoms with E-state index in [0.29, 0.717) is 11.3 Å². The molecular weight excluding hydrogens is 326 g/mol. The van der Waals surface area contributed by atoms with E-state index in [0.717, 1.165) is 31.5 Å². The Balaban J connectivity index is 1.74. The fraction of sp³-hybridized carbons (Fsp3) is 0.333. The normalized spacial score (nSPS) is 16.2. The lowest BCUT2D eigenvalue weighted by molar-refractivity contribution is -0.120. The van der Waals surface area contributed by atoms with Gasteiger partial charge >= 0.3 is 0 Å². The van der Waals surface area contributed by atoms with E-state index in [4.69, 9.17) is 5.73 Å². The first-order chi connectivity index (χ1) is 12.6. The van der Waals surface area contributed by atoms with Gasteiger partial charge in [0.2, 0.25) is 5.91 Å². The van der Waals surface area contributed by atoms with E-state index in [-0.39, 0.29) is 11.8 Å². The number of hydrogen-bond donors (Lipinski definition) is 2. The highest BCUT2D eigenvalue weighted by Crippen LogP contribution is 2.24. The van der Waals surface area contributed by atoms with E-state index >= 15 is 0 Å². The Bertz CT molecular complexity index is 770. The zero-order valence-corrected chi connectivity index (χ0v) is 15.0. The zero-order chi connectivity index (χ0) is 18.5. The summed E-state index contributed by atoms with van der Waals surface area (Å²) in [5.41, 5.74) is 8.24. The molecule has 2 unspecified atom stereocenters. The first kappa shape index (κ1) is 18.1. The van der Waals surface area contributed by atoms with Crippen LogP contribution in [-0.4, -0.2) is 29.8 Å². The standard InChI is InChI=1S/C21H25N3O2/c1-15(19(22)16-9-3-2-4-10-16)20(25)23-18-12-6-5-11-17(18)21(26)24-13-7-8-14-24/h2-6,9-12,15,19H,7-8,13-14,22H2,1H3,(H,23,25). The highest BCUT2D eigenvalue weighted by molar-refractivity contribution is 6.04. The van der Waals surface area contributed by atoms with Gasteiger partial charge in [0, 0.05) is 19.1 Å². The molecule has 2 amide bonds. The van der Waals surface area contributed by atoms with Crippen molar-refractivity contribution in [3.05, 3.63) is 65.7 Å². The Morgan fingerprint density at radius 3 is 2.31 bits per heavy atom. The molecule has 2 aromatic rings. The number of para-hydroxylation sites is 1. The number of nitrogens with two attached hydrogens (primary N) is 1. The van der Waals surface area contributed by atoms with Gasteiger partial charge < -0.3 is 16.0 Å². The third kappa shape index (κ3) is 3.94. The fourth-order valence-corrected chi connectivity index (χ4v) is 3.24. The van der Waals surface area contributed by atoms with Gasteiger partial charge in [0.15, 0.2) is 0 Å². The second kappa shape index (κ2) is 8.15. The number of likely N-dealkylation sites (tertiary alicyclic amines) is 1. The summed E-state index contributed by atoms with van der Waals surface area (Å²) in [6.07, 6.45) is 2.06. The molecule has 0 saturated carbocycles. The molecule has 1 fully saturated rings. The van der Waals surface area contributed by atoms with Crippen LogP contribution < -0.4 is 11.1 Å². The molecule has 0 spiro atoms. The smallest absolute Gasteiger partial charge is 0.255 e. The van der Waals surface area contributed by atoms with Crippen LogP contribution in [0.1, 0.15) is 41.7 Å². The molecule has 0 aromatic heterocycles. The monoisotopic (exact) mass is 351 g/mol. The van der Waals surface area contributed by atoms with Crippen molar-refractivity contribution in [1.82, 2.24) is 4.90 Å². The Morgan fingerprint density at radius 1 is 1.00 bits per heavy atom. The van der Waals surface area contributed by atoms with Crippen molar-refractivity contribution in [2.24, 2.45) is 11.7 Å². The summed E-state index contributed by atoms with van der Waals surface area (Å²) in [6, 6.07) is 16.3. The minimum atomic E-state index is -0.424. The second-order valence-electron chi connectivity index (χ2n) is 6.76. The highest BCUT2D eigenvalue weighted by atomic mass is 16.2. The second-order valence-corrected chi connectivity index (χ2v) is 6.76. The van der Waals surface area contributed by atoms with Crippen molar-refractivity contribution >= 4 is 17.5 Å². The summed E-state index contributed by atoms with van der Waals surface area (Å²) >= 11 is 0. The number of anilines is 1. The minimum absolute atomic E-state index is 0.0292. The summed E-state index contributed by atoms with van der Waals surface area (Å²) in [7, 11) is 0. The van der Waals surface area contributed by atoms with Gasteiger partial charge in [-0.2, -0.15) is 0 Å². The SMILES string of the molecule is CC(C(=O)Nc1ccccc1C(=O)N1CCCC1)C(N)c1ccccc1. The molecule has 1 aliphatic heterocycles. The fourth-order valence-electron chi connectivity index (χ4n) is 3.24. The lowest BCUT2D eigenvalue weighted by atomic mass is 9.94. The summed E-state index contributed by atoms with van der Waals surface area (Å²) in [4.78, 5) is 27.3. The maximum atomic E-state index is 12.7. The van der Waals surface area contributed by atoms with Crippen molar-refractivity contribution < 1.29 is 9.59 Å². The predicted molar refractivity (Wildman–Crippen MR) is 103 cm³/mol. The van der Waals surface area contributed by atoms with Gasteiger partial charge in [-0.25, -0.2) is 0 Å². The van der Waals surface area contributed by atoms with Crippen LogP contribution in [0.3, 0.4) is 0 Å². The molecule has 0 aliphatic carbocycles. The van der Waals surface area contributed by atoms with Gasteiger partial charge in [-0.3, -0.25) is 9.59 Å². The van der Waals surface area contributed by atoms with Gasteiger partial charge in [-0.1, -0.05) is 49.4 Å². The Hall–Kier alpha value is -2.66. The van der Waals surface area contributed by atoms with Crippen LogP contribution in [0.2, 0.25) is 0 Å². The summed E-state index contributed by atoms with van der Waals surface area (Å²) in [6.45, 7) is 3.35. The molecule has 1 heterocycles. The minimum Gasteiger partial charge on any atom is -0.339 e. The van der Waals surface area contributed by atoms with Gasteiger partial charge in [-0.15, -0.1) is 0 Å². The van der Waals surface area contributed by atoms with Gasteiger partial charge in [0.05, 0.1) is 17.2 Å². The Kier molecular flexibility index (Phi) is 5.68. The molecule has 1 aliphatic rings. The van der Waals surface area contributed by atoms with Crippen molar-refractivity contribution in [3.63, 3.8) is 0 Å². The molecule has 1 saturated heterocycles. The molecule has 3 N–H and O–H groups in total. The molecule has 2 atom stereocenters. The van der Waals surface area contributed by atoms with E-state index in [1.54, 1.807) is 19.1 Å². The van der Waals surface area contributed by atoms with Crippen LogP contribution in [0.5, 0.6) is 0 Å². The van der Waals surface area contributed by atoms with Gasteiger partial charge in [-0.05, 0) is 30.5 Å². The van der Waals surface area contributed by atoms with Crippen LogP contribution in [0.15, 0.2) is 54.6 Å². The first-order valence-electron chi connectivity index (χ1n) is 9.07. The molecule has 0 bridgehead atoms. The third-order valence-corrected chi connectivity index (χ3v) is 4.95. The van der Waals surface area contributed by atoms with Crippen LogP contribution in [0.4, 0.5) is 5.69 Å². The largest absolute Gasteiger partial charge is 0.339 e. The van der Waals surface area contributed by atoms with E-state index in [2.05, 4.69) is 5.32 Å². The lowest BCUT2D eigenvalue weighted by Crippen LogP contribution is -2.32. The predicted octanol–water partition coefficient (Wildman–Crippen LogP) is 3.20. The molecule has 0 radical (unpaired) electrons. The topological polar surface area (TPSA) is 75.4 Å². The average Bonchev–Trinajstić information content (AvgIpc) is 3.22. The highest BCUT2D eigenvalue weighted by Gasteiger charge is 2.25. The quantitative estimate of drug-likeness (QED) is 0.868. The number of rotatable bonds is 5. The summed E-state index contributed by atoms with van der Waals surface area (Å²) < 4.78 is 0. The van der Waals surface area contributed by atoms with Crippen LogP contribution in [0.25, 0.3) is 0 Å². The molecule has 136 valence electrons. The van der Waals surface area contributed by atoms with E-state index in [1.807, 2.05) is 47.4 Å². The Morgan fingerprint density at radius 2 is 1.62 bits per heavy atom. The molecular formula is C21H25N3O2. The van der Waals surface area contributed by atoms with Crippen molar-refractivity contribution in [2.75, 3.05) is 18.4 Å². The average molecular weight is 351 g/mol. The molecule has 5 heteroatoms. The van der Waals surface area contributed by atoms with Crippen LogP contribution in [0, 0.1) is 5.92 Å².